The number of para-hydroxylation sites is 2. The van der Waals surface area contributed by atoms with Gasteiger partial charge in [0, 0.05) is 6.07 Å². The number of carbonyl (C=O) groups is 2. The Hall–Kier alpha value is -2.44. The average Bonchev–Trinajstić information content (AvgIpc) is 2.18. The van der Waals surface area contributed by atoms with Crippen LogP contribution in [0.3, 0.4) is 0 Å². The number of hydrogen-bond acceptors (Lipinski definition) is 4. The molecule has 0 bridgehead atoms. The van der Waals surface area contributed by atoms with Crippen molar-refractivity contribution in [3.63, 3.8) is 0 Å². The number of nitrogens with one attached hydrogen (secondary N) is 1. The van der Waals surface area contributed by atoms with Crippen LogP contribution >= 0.6 is 0 Å². The van der Waals surface area contributed by atoms with Gasteiger partial charge in [0.15, 0.2) is 0 Å². The molecule has 0 atom stereocenters. The van der Waals surface area contributed by atoms with E-state index in [4.69, 9.17) is 0 Å². The Labute approximate surface area is 84.0 Å². The Morgan fingerprint density at radius 3 is 2.47 bits per heavy atom. The predicted octanol–water partition coefficient (Wildman–Crippen LogP) is 0.0186. The second kappa shape index (κ2) is 4.18. The maximum absolute atomic E-state index is 10.9. The molecule has 1 rings (SSSR count). The number of benzene rings is 1. The molecule has 0 heterocycles. The highest BCUT2D eigenvalue weighted by Gasteiger charge is 2.16. The minimum atomic E-state index is -1.20. The van der Waals surface area contributed by atoms with Gasteiger partial charge < -0.3 is 11.1 Å². The van der Waals surface area contributed by atoms with E-state index in [9.17, 15) is 19.7 Å². The number of primary amides is 1. The molecule has 1 aromatic carbocycles. The fraction of sp³-hybridized carbons (Fsp3) is 0. The molecule has 0 radical (unpaired) electrons. The quantitative estimate of drug-likeness (QED) is 0.405. The van der Waals surface area contributed by atoms with E-state index < -0.39 is 16.7 Å². The van der Waals surface area contributed by atoms with Gasteiger partial charge in [0.2, 0.25) is 0 Å². The van der Waals surface area contributed by atoms with Crippen LogP contribution in [0.2, 0.25) is 0 Å². The van der Waals surface area contributed by atoms with Gasteiger partial charge in [-0.1, -0.05) is 12.1 Å². The van der Waals surface area contributed by atoms with Crippen molar-refractivity contribution in [2.75, 3.05) is 5.32 Å². The Balaban J connectivity index is 2.99. The summed E-state index contributed by atoms with van der Waals surface area (Å²) in [5.74, 6) is -2.29. The molecule has 0 saturated heterocycles. The van der Waals surface area contributed by atoms with Crippen LogP contribution in [-0.4, -0.2) is 16.7 Å². The Morgan fingerprint density at radius 1 is 1.33 bits per heavy atom. The van der Waals surface area contributed by atoms with E-state index in [1.165, 1.54) is 24.3 Å². The van der Waals surface area contributed by atoms with Gasteiger partial charge in [-0.05, 0) is 6.07 Å². The van der Waals surface area contributed by atoms with Gasteiger partial charge in [0.1, 0.15) is 5.69 Å². The second-order valence-electron chi connectivity index (χ2n) is 2.59. The third-order valence-corrected chi connectivity index (χ3v) is 1.57. The van der Waals surface area contributed by atoms with E-state index in [0.717, 1.165) is 0 Å². The molecule has 3 N–H and O–H groups in total. The van der Waals surface area contributed by atoms with Crippen molar-refractivity contribution in [1.29, 1.82) is 0 Å². The summed E-state index contributed by atoms with van der Waals surface area (Å²) in [4.78, 5) is 31.1. The summed E-state index contributed by atoms with van der Waals surface area (Å²) in [7, 11) is 0. The summed E-state index contributed by atoms with van der Waals surface area (Å²) in [6, 6.07) is 5.44. The molecule has 78 valence electrons. The number of hydrogen-bond donors (Lipinski definition) is 2. The molecule has 0 aliphatic rings. The predicted molar refractivity (Wildman–Crippen MR) is 50.9 cm³/mol. The highest BCUT2D eigenvalue weighted by molar-refractivity contribution is 6.39. The fourth-order valence-corrected chi connectivity index (χ4v) is 0.922. The number of anilines is 1. The van der Waals surface area contributed by atoms with Crippen molar-refractivity contribution in [1.82, 2.24) is 0 Å². The zero-order valence-electron chi connectivity index (χ0n) is 7.47. The Kier molecular flexibility index (Phi) is 2.97. The standard InChI is InChI=1S/C8H7N3O4/c9-7(12)8(13)10-5-3-1-2-4-6(5)11(14)15/h1-4H,(H2,9,12)(H,10,13). The summed E-state index contributed by atoms with van der Waals surface area (Å²) in [6.45, 7) is 0. The number of carbonyl (C=O) groups excluding carboxylic acids is 2. The maximum Gasteiger partial charge on any atom is 0.313 e. The average molecular weight is 209 g/mol. The van der Waals surface area contributed by atoms with Gasteiger partial charge in [-0.2, -0.15) is 0 Å². The van der Waals surface area contributed by atoms with E-state index in [2.05, 4.69) is 5.73 Å². The smallest absolute Gasteiger partial charge is 0.313 e. The topological polar surface area (TPSA) is 115 Å². The SMILES string of the molecule is NC(=O)C(=O)Nc1ccccc1[N+](=O)[O-]. The van der Waals surface area contributed by atoms with Crippen LogP contribution in [0.15, 0.2) is 24.3 Å². The minimum Gasteiger partial charge on any atom is -0.361 e. The number of nitrogens with two attached hydrogens (primary N) is 1. The lowest BCUT2D eigenvalue weighted by Crippen LogP contribution is -2.29. The van der Waals surface area contributed by atoms with Crippen molar-refractivity contribution in [2.45, 2.75) is 0 Å². The largest absolute Gasteiger partial charge is 0.361 e. The van der Waals surface area contributed by atoms with Gasteiger partial charge >= 0.3 is 11.8 Å². The third-order valence-electron chi connectivity index (χ3n) is 1.57. The summed E-state index contributed by atoms with van der Waals surface area (Å²) < 4.78 is 0. The van der Waals surface area contributed by atoms with Gasteiger partial charge in [-0.3, -0.25) is 19.7 Å². The van der Waals surface area contributed by atoms with Crippen LogP contribution < -0.4 is 11.1 Å². The Bertz CT molecular complexity index is 430. The normalized spacial score (nSPS) is 9.33. The molecule has 0 saturated carbocycles. The van der Waals surface area contributed by atoms with Gasteiger partial charge in [0.05, 0.1) is 4.92 Å². The van der Waals surface area contributed by atoms with Crippen molar-refractivity contribution >= 4 is 23.2 Å². The number of amides is 2. The number of nitro benzene ring substituents is 1. The molecule has 7 nitrogen and oxygen atoms in total. The van der Waals surface area contributed by atoms with Crippen LogP contribution in [0.5, 0.6) is 0 Å². The molecule has 1 aromatic rings. The first-order chi connectivity index (χ1) is 7.02. The lowest BCUT2D eigenvalue weighted by molar-refractivity contribution is -0.383. The lowest BCUT2D eigenvalue weighted by Gasteiger charge is -2.02. The van der Waals surface area contributed by atoms with Crippen molar-refractivity contribution < 1.29 is 14.5 Å². The van der Waals surface area contributed by atoms with Gasteiger partial charge in [-0.25, -0.2) is 0 Å². The van der Waals surface area contributed by atoms with Crippen LogP contribution in [0, 0.1) is 10.1 Å². The Morgan fingerprint density at radius 2 is 1.93 bits per heavy atom. The maximum atomic E-state index is 10.9. The molecular formula is C8H7N3O4. The van der Waals surface area contributed by atoms with E-state index in [1.807, 2.05) is 5.32 Å². The van der Waals surface area contributed by atoms with Gasteiger partial charge in [-0.15, -0.1) is 0 Å². The van der Waals surface area contributed by atoms with E-state index >= 15 is 0 Å². The molecule has 7 heteroatoms. The van der Waals surface area contributed by atoms with E-state index in [1.54, 1.807) is 0 Å². The molecule has 0 fully saturated rings. The van der Waals surface area contributed by atoms with Crippen molar-refractivity contribution in [2.24, 2.45) is 5.73 Å². The highest BCUT2D eigenvalue weighted by Crippen LogP contribution is 2.22. The summed E-state index contributed by atoms with van der Waals surface area (Å²) in [5.41, 5.74) is 4.33. The highest BCUT2D eigenvalue weighted by atomic mass is 16.6. The molecule has 0 spiro atoms. The third kappa shape index (κ3) is 2.50. The van der Waals surface area contributed by atoms with Gasteiger partial charge in [0.25, 0.3) is 5.69 Å². The second-order valence-corrected chi connectivity index (χ2v) is 2.59. The first-order valence-corrected chi connectivity index (χ1v) is 3.86. The number of rotatable bonds is 2. The first kappa shape index (κ1) is 10.6. The zero-order valence-corrected chi connectivity index (χ0v) is 7.47. The van der Waals surface area contributed by atoms with Crippen LogP contribution in [0.25, 0.3) is 0 Å². The minimum absolute atomic E-state index is 0.0636. The molecule has 15 heavy (non-hydrogen) atoms. The summed E-state index contributed by atoms with van der Waals surface area (Å²) in [6.07, 6.45) is 0. The molecule has 0 aliphatic heterocycles. The van der Waals surface area contributed by atoms with Crippen molar-refractivity contribution in [3.8, 4) is 0 Å². The molecular weight excluding hydrogens is 202 g/mol. The monoisotopic (exact) mass is 209 g/mol. The van der Waals surface area contributed by atoms with Crippen LogP contribution in [-0.2, 0) is 9.59 Å². The molecule has 2 amide bonds. The first-order valence-electron chi connectivity index (χ1n) is 3.86. The van der Waals surface area contributed by atoms with Crippen LogP contribution in [0.1, 0.15) is 0 Å². The summed E-state index contributed by atoms with van der Waals surface area (Å²) >= 11 is 0. The number of nitrogens with zero attached hydrogens (tertiary/aromatic N) is 1. The lowest BCUT2D eigenvalue weighted by atomic mass is 10.2. The van der Waals surface area contributed by atoms with Crippen molar-refractivity contribution in [3.05, 3.63) is 34.4 Å². The molecule has 0 unspecified atom stereocenters. The number of nitro groups is 1. The fourth-order valence-electron chi connectivity index (χ4n) is 0.922. The van der Waals surface area contributed by atoms with Crippen LogP contribution in [0.4, 0.5) is 11.4 Å². The molecule has 0 aliphatic carbocycles. The van der Waals surface area contributed by atoms with E-state index in [0.29, 0.717) is 0 Å². The summed E-state index contributed by atoms with van der Waals surface area (Å²) in [5, 5.41) is 12.5. The molecule has 0 aromatic heterocycles. The van der Waals surface area contributed by atoms with E-state index in [-0.39, 0.29) is 11.4 Å². The zero-order chi connectivity index (χ0) is 11.4.